The summed E-state index contributed by atoms with van der Waals surface area (Å²) in [5.41, 5.74) is 6.50. The Morgan fingerprint density at radius 1 is 1.09 bits per heavy atom. The van der Waals surface area contributed by atoms with E-state index in [2.05, 4.69) is 27.3 Å². The van der Waals surface area contributed by atoms with Gasteiger partial charge in [0.2, 0.25) is 11.9 Å². The van der Waals surface area contributed by atoms with Crippen molar-refractivity contribution >= 4 is 17.6 Å². The zero-order valence-electron chi connectivity index (χ0n) is 13.1. The maximum Gasteiger partial charge on any atom is 0.232 e. The van der Waals surface area contributed by atoms with Gasteiger partial charge in [-0.1, -0.05) is 0 Å². The van der Waals surface area contributed by atoms with E-state index in [1.165, 1.54) is 17.0 Å². The van der Waals surface area contributed by atoms with Crippen LogP contribution in [0.15, 0.2) is 24.3 Å². The summed E-state index contributed by atoms with van der Waals surface area (Å²) in [7, 11) is 2.21. The minimum Gasteiger partial charge on any atom is -0.368 e. The molecular weight excluding hydrogens is 297 g/mol. The van der Waals surface area contributed by atoms with E-state index in [0.29, 0.717) is 17.5 Å². The van der Waals surface area contributed by atoms with Crippen LogP contribution in [0, 0.1) is 5.82 Å². The quantitative estimate of drug-likeness (QED) is 0.537. The van der Waals surface area contributed by atoms with Crippen LogP contribution in [0.3, 0.4) is 0 Å². The largest absolute Gasteiger partial charge is 0.368 e. The average Bonchev–Trinajstić information content (AvgIpc) is 2.51. The number of nitrogen functional groups attached to an aromatic ring is 1. The Labute approximate surface area is 134 Å². The second-order valence-electron chi connectivity index (χ2n) is 5.95. The molecular formula is C15H22FN7+2. The second kappa shape index (κ2) is 6.84. The van der Waals surface area contributed by atoms with Crippen LogP contribution in [0.1, 0.15) is 5.82 Å². The Kier molecular flexibility index (Phi) is 4.63. The number of quaternary nitrogens is 2. The predicted molar refractivity (Wildman–Crippen MR) is 84.9 cm³/mol. The molecule has 0 aliphatic carbocycles. The van der Waals surface area contributed by atoms with Crippen LogP contribution < -0.4 is 20.9 Å². The van der Waals surface area contributed by atoms with Crippen molar-refractivity contribution in [3.05, 3.63) is 35.9 Å². The summed E-state index contributed by atoms with van der Waals surface area (Å²) >= 11 is 0. The molecule has 2 heterocycles. The first kappa shape index (κ1) is 15.6. The van der Waals surface area contributed by atoms with Crippen LogP contribution >= 0.6 is 0 Å². The third kappa shape index (κ3) is 4.33. The molecule has 0 spiro atoms. The number of benzene rings is 1. The van der Waals surface area contributed by atoms with Crippen molar-refractivity contribution in [2.24, 2.45) is 0 Å². The standard InChI is InChI=1S/C15H20FN7/c1-22-6-8-23(9-7-22)10-13-19-14(17)21-15(20-13)18-12-4-2-11(16)3-5-12/h2-5H,6-10H2,1H3,(H3,17,18,19,20,21)/p+2. The van der Waals surface area contributed by atoms with Crippen molar-refractivity contribution in [2.75, 3.05) is 44.3 Å². The Hall–Kier alpha value is -2.32. The highest BCUT2D eigenvalue weighted by molar-refractivity contribution is 5.53. The normalized spacial score (nSPS) is 21.1. The van der Waals surface area contributed by atoms with Gasteiger partial charge in [-0.05, 0) is 24.3 Å². The number of nitrogens with zero attached hydrogens (tertiary/aromatic N) is 3. The van der Waals surface area contributed by atoms with Crippen LogP contribution in [0.25, 0.3) is 0 Å². The summed E-state index contributed by atoms with van der Waals surface area (Å²) in [4.78, 5) is 15.8. The van der Waals surface area contributed by atoms with Gasteiger partial charge in [0.1, 0.15) is 38.5 Å². The third-order valence-electron chi connectivity index (χ3n) is 4.02. The molecule has 7 nitrogen and oxygen atoms in total. The minimum absolute atomic E-state index is 0.193. The highest BCUT2D eigenvalue weighted by Crippen LogP contribution is 2.13. The number of nitrogens with two attached hydrogens (primary N) is 1. The van der Waals surface area contributed by atoms with E-state index in [-0.39, 0.29) is 11.8 Å². The van der Waals surface area contributed by atoms with Crippen LogP contribution in [-0.2, 0) is 6.54 Å². The number of nitrogens with one attached hydrogen (secondary N) is 3. The maximum absolute atomic E-state index is 12.9. The summed E-state index contributed by atoms with van der Waals surface area (Å²) in [6, 6.07) is 6.02. The van der Waals surface area contributed by atoms with E-state index >= 15 is 0 Å². The molecule has 0 amide bonds. The molecule has 0 unspecified atom stereocenters. The predicted octanol–water partition coefficient (Wildman–Crippen LogP) is -1.75. The van der Waals surface area contributed by atoms with E-state index < -0.39 is 0 Å². The Balaban J connectivity index is 1.70. The van der Waals surface area contributed by atoms with E-state index in [4.69, 9.17) is 5.73 Å². The number of hydrogen-bond donors (Lipinski definition) is 4. The van der Waals surface area contributed by atoms with Crippen LogP contribution in [0.4, 0.5) is 22.0 Å². The van der Waals surface area contributed by atoms with Gasteiger partial charge in [0.15, 0.2) is 5.82 Å². The Morgan fingerprint density at radius 3 is 2.48 bits per heavy atom. The fourth-order valence-electron chi connectivity index (χ4n) is 2.67. The fourth-order valence-corrected chi connectivity index (χ4v) is 2.67. The molecule has 1 saturated heterocycles. The highest BCUT2D eigenvalue weighted by atomic mass is 19.1. The molecule has 3 rings (SSSR count). The first-order chi connectivity index (χ1) is 11.1. The number of halogens is 1. The average molecular weight is 319 g/mol. The SMILES string of the molecule is C[NH+]1CC[NH+](Cc2nc(N)nc(Nc3ccc(F)cc3)n2)CC1. The molecule has 0 bridgehead atoms. The van der Waals surface area contributed by atoms with Gasteiger partial charge in [0.05, 0.1) is 7.05 Å². The van der Waals surface area contributed by atoms with Crippen molar-refractivity contribution in [3.8, 4) is 0 Å². The fraction of sp³-hybridized carbons (Fsp3) is 0.400. The van der Waals surface area contributed by atoms with Crippen molar-refractivity contribution in [2.45, 2.75) is 6.54 Å². The maximum atomic E-state index is 12.9. The van der Waals surface area contributed by atoms with E-state index in [9.17, 15) is 4.39 Å². The van der Waals surface area contributed by atoms with Crippen LogP contribution in [-0.4, -0.2) is 48.2 Å². The lowest BCUT2D eigenvalue weighted by molar-refractivity contribution is -1.01. The van der Waals surface area contributed by atoms with E-state index in [1.807, 2.05) is 0 Å². The van der Waals surface area contributed by atoms with Gasteiger partial charge in [0, 0.05) is 5.69 Å². The molecule has 0 saturated carbocycles. The minimum atomic E-state index is -0.285. The van der Waals surface area contributed by atoms with Gasteiger partial charge >= 0.3 is 0 Å². The molecule has 2 aromatic rings. The van der Waals surface area contributed by atoms with Gasteiger partial charge in [-0.3, -0.25) is 0 Å². The van der Waals surface area contributed by atoms with Crippen molar-refractivity contribution in [1.82, 2.24) is 15.0 Å². The monoisotopic (exact) mass is 319 g/mol. The summed E-state index contributed by atoms with van der Waals surface area (Å²) in [6.07, 6.45) is 0. The second-order valence-corrected chi connectivity index (χ2v) is 5.95. The number of anilines is 3. The zero-order valence-corrected chi connectivity index (χ0v) is 13.1. The number of hydrogen-bond acceptors (Lipinski definition) is 5. The molecule has 1 aliphatic heterocycles. The molecule has 1 aliphatic rings. The molecule has 0 atom stereocenters. The number of piperazine rings is 1. The smallest absolute Gasteiger partial charge is 0.232 e. The summed E-state index contributed by atoms with van der Waals surface area (Å²) in [6.45, 7) is 5.22. The molecule has 1 aromatic carbocycles. The Morgan fingerprint density at radius 2 is 1.78 bits per heavy atom. The van der Waals surface area contributed by atoms with Gasteiger partial charge in [-0.2, -0.15) is 15.0 Å². The van der Waals surface area contributed by atoms with Crippen molar-refractivity contribution < 1.29 is 14.2 Å². The summed E-state index contributed by atoms with van der Waals surface area (Å²) in [5, 5.41) is 3.03. The molecule has 0 radical (unpaired) electrons. The molecule has 1 aromatic heterocycles. The van der Waals surface area contributed by atoms with Gasteiger partial charge in [0.25, 0.3) is 0 Å². The first-order valence-corrected chi connectivity index (χ1v) is 7.76. The van der Waals surface area contributed by atoms with Crippen molar-refractivity contribution in [1.29, 1.82) is 0 Å². The van der Waals surface area contributed by atoms with Crippen LogP contribution in [0.5, 0.6) is 0 Å². The lowest BCUT2D eigenvalue weighted by Crippen LogP contribution is -3.26. The van der Waals surface area contributed by atoms with Gasteiger partial charge in [-0.15, -0.1) is 0 Å². The molecule has 8 heteroatoms. The zero-order chi connectivity index (χ0) is 16.2. The summed E-state index contributed by atoms with van der Waals surface area (Å²) in [5.74, 6) is 0.973. The third-order valence-corrected chi connectivity index (χ3v) is 4.02. The molecule has 5 N–H and O–H groups in total. The highest BCUT2D eigenvalue weighted by Gasteiger charge is 2.21. The van der Waals surface area contributed by atoms with E-state index in [1.54, 1.807) is 17.0 Å². The first-order valence-electron chi connectivity index (χ1n) is 7.76. The molecule has 1 fully saturated rings. The van der Waals surface area contributed by atoms with E-state index in [0.717, 1.165) is 32.7 Å². The van der Waals surface area contributed by atoms with Gasteiger partial charge in [-0.25, -0.2) is 4.39 Å². The Bertz CT molecular complexity index is 653. The van der Waals surface area contributed by atoms with Crippen LogP contribution in [0.2, 0.25) is 0 Å². The summed E-state index contributed by atoms with van der Waals surface area (Å²) < 4.78 is 12.9. The lowest BCUT2D eigenvalue weighted by Gasteiger charge is -2.26. The number of likely N-dealkylation sites (N-methyl/N-ethyl adjacent to an activating group) is 1. The van der Waals surface area contributed by atoms with Crippen molar-refractivity contribution in [3.63, 3.8) is 0 Å². The molecule has 23 heavy (non-hydrogen) atoms. The molecule has 122 valence electrons. The topological polar surface area (TPSA) is 85.6 Å². The number of rotatable bonds is 4. The number of aromatic nitrogens is 3. The lowest BCUT2D eigenvalue weighted by atomic mass is 10.3. The van der Waals surface area contributed by atoms with Gasteiger partial charge < -0.3 is 20.9 Å².